The number of amides is 3. The number of imide groups is 1. The lowest BCUT2D eigenvalue weighted by atomic mass is 10.1. The molecule has 0 spiro atoms. The maximum absolute atomic E-state index is 12.9. The molecule has 0 unspecified atom stereocenters. The van der Waals surface area contributed by atoms with Crippen LogP contribution in [0.4, 0.5) is 10.5 Å². The fraction of sp³-hybridized carbons (Fsp3) is 0.179. The average Bonchev–Trinajstić information content (AvgIpc) is 3.14. The highest BCUT2D eigenvalue weighted by Crippen LogP contribution is 2.35. The number of benzene rings is 3. The van der Waals surface area contributed by atoms with Crippen LogP contribution in [0.1, 0.15) is 23.6 Å². The number of carbonyl (C=O) groups is 3. The van der Waals surface area contributed by atoms with Crippen molar-refractivity contribution in [3.05, 3.63) is 93.3 Å². The number of nitrogens with zero attached hydrogens (tertiary/aromatic N) is 1. The topological polar surface area (TPSA) is 84.9 Å². The summed E-state index contributed by atoms with van der Waals surface area (Å²) in [7, 11) is 0. The van der Waals surface area contributed by atoms with Gasteiger partial charge in [0.2, 0.25) is 0 Å². The zero-order chi connectivity index (χ0) is 26.4. The van der Waals surface area contributed by atoms with E-state index >= 15 is 0 Å². The molecule has 1 aliphatic heterocycles. The molecule has 3 aromatic carbocycles. The van der Waals surface area contributed by atoms with E-state index in [1.54, 1.807) is 36.4 Å². The standard InChI is InChI=1S/C28H25ClN2O5S/c1-3-35-24-13-20(14-25-27(33)31(28(34)37-25)16-19-7-5-4-6-8-19)10-12-23(24)36-17-26(32)30-21-11-9-18(2)22(29)15-21/h4-15H,3,16-17H2,1-2H3,(H,30,32)/b25-14-. The van der Waals surface area contributed by atoms with E-state index in [0.29, 0.717) is 39.3 Å². The van der Waals surface area contributed by atoms with Gasteiger partial charge < -0.3 is 14.8 Å². The van der Waals surface area contributed by atoms with Crippen LogP contribution in [0.25, 0.3) is 6.08 Å². The minimum Gasteiger partial charge on any atom is -0.490 e. The first-order valence-corrected chi connectivity index (χ1v) is 12.8. The molecule has 0 aromatic heterocycles. The number of anilines is 1. The molecule has 3 amide bonds. The Labute approximate surface area is 224 Å². The second-order valence-corrected chi connectivity index (χ2v) is 9.59. The molecule has 9 heteroatoms. The van der Waals surface area contributed by atoms with Gasteiger partial charge in [-0.15, -0.1) is 0 Å². The van der Waals surface area contributed by atoms with Gasteiger partial charge >= 0.3 is 0 Å². The molecule has 7 nitrogen and oxygen atoms in total. The van der Waals surface area contributed by atoms with E-state index in [-0.39, 0.29) is 30.2 Å². The number of halogens is 1. The van der Waals surface area contributed by atoms with Crippen LogP contribution in [-0.4, -0.2) is 35.2 Å². The quantitative estimate of drug-likeness (QED) is 0.323. The summed E-state index contributed by atoms with van der Waals surface area (Å²) in [6.07, 6.45) is 1.65. The molecule has 1 N–H and O–H groups in total. The number of nitrogens with one attached hydrogen (secondary N) is 1. The summed E-state index contributed by atoms with van der Waals surface area (Å²) in [5.74, 6) is 0.114. The molecule has 0 atom stereocenters. The minimum atomic E-state index is -0.349. The van der Waals surface area contributed by atoms with Crippen LogP contribution in [0.5, 0.6) is 11.5 Å². The monoisotopic (exact) mass is 536 g/mol. The Kier molecular flexibility index (Phi) is 8.53. The van der Waals surface area contributed by atoms with Crippen molar-refractivity contribution in [1.82, 2.24) is 4.90 Å². The number of aryl methyl sites for hydroxylation is 1. The summed E-state index contributed by atoms with van der Waals surface area (Å²) < 4.78 is 11.4. The van der Waals surface area contributed by atoms with Crippen LogP contribution >= 0.6 is 23.4 Å². The second-order valence-electron chi connectivity index (χ2n) is 8.19. The maximum atomic E-state index is 12.9. The van der Waals surface area contributed by atoms with Gasteiger partial charge in [-0.05, 0) is 72.6 Å². The number of thioether (sulfide) groups is 1. The lowest BCUT2D eigenvalue weighted by molar-refractivity contribution is -0.123. The SMILES string of the molecule is CCOc1cc(/C=C2\SC(=O)N(Cc3ccccc3)C2=O)ccc1OCC(=O)Nc1ccc(C)c(Cl)c1. The molecular weight excluding hydrogens is 512 g/mol. The van der Waals surface area contributed by atoms with Crippen molar-refractivity contribution in [2.45, 2.75) is 20.4 Å². The molecule has 1 heterocycles. The molecule has 0 radical (unpaired) electrons. The van der Waals surface area contributed by atoms with Gasteiger partial charge in [0.05, 0.1) is 18.1 Å². The molecule has 1 aliphatic rings. The van der Waals surface area contributed by atoms with Crippen LogP contribution in [-0.2, 0) is 16.1 Å². The summed E-state index contributed by atoms with van der Waals surface area (Å²) in [4.78, 5) is 39.3. The van der Waals surface area contributed by atoms with E-state index in [4.69, 9.17) is 21.1 Å². The molecule has 0 aliphatic carbocycles. The molecular formula is C28H25ClN2O5S. The molecule has 0 saturated carbocycles. The van der Waals surface area contributed by atoms with E-state index in [0.717, 1.165) is 22.9 Å². The number of rotatable bonds is 9. The first-order chi connectivity index (χ1) is 17.8. The number of ether oxygens (including phenoxy) is 2. The Morgan fingerprint density at radius 2 is 1.81 bits per heavy atom. The van der Waals surface area contributed by atoms with E-state index in [1.165, 1.54) is 4.90 Å². The van der Waals surface area contributed by atoms with Crippen LogP contribution in [0.3, 0.4) is 0 Å². The van der Waals surface area contributed by atoms with Gasteiger partial charge in [-0.25, -0.2) is 0 Å². The lowest BCUT2D eigenvalue weighted by Gasteiger charge is -2.13. The van der Waals surface area contributed by atoms with E-state index in [1.807, 2.05) is 50.2 Å². The van der Waals surface area contributed by atoms with Gasteiger partial charge in [-0.2, -0.15) is 0 Å². The van der Waals surface area contributed by atoms with Crippen molar-refractivity contribution in [3.63, 3.8) is 0 Å². The Balaban J connectivity index is 1.43. The van der Waals surface area contributed by atoms with E-state index in [2.05, 4.69) is 5.32 Å². The molecule has 190 valence electrons. The smallest absolute Gasteiger partial charge is 0.293 e. The van der Waals surface area contributed by atoms with Gasteiger partial charge in [-0.3, -0.25) is 19.3 Å². The van der Waals surface area contributed by atoms with Crippen LogP contribution in [0.15, 0.2) is 71.6 Å². The van der Waals surface area contributed by atoms with E-state index < -0.39 is 0 Å². The van der Waals surface area contributed by atoms with Crippen molar-refractivity contribution in [3.8, 4) is 11.5 Å². The van der Waals surface area contributed by atoms with Gasteiger partial charge in [0.25, 0.3) is 17.1 Å². The second kappa shape index (κ2) is 12.0. The number of hydrogen-bond donors (Lipinski definition) is 1. The fourth-order valence-electron chi connectivity index (χ4n) is 3.57. The molecule has 0 bridgehead atoms. The van der Waals surface area contributed by atoms with Crippen LogP contribution in [0.2, 0.25) is 5.02 Å². The van der Waals surface area contributed by atoms with Gasteiger partial charge in [0, 0.05) is 10.7 Å². The Bertz CT molecular complexity index is 1360. The molecule has 4 rings (SSSR count). The Morgan fingerprint density at radius 1 is 1.03 bits per heavy atom. The fourth-order valence-corrected chi connectivity index (χ4v) is 4.59. The number of carbonyl (C=O) groups excluding carboxylic acids is 3. The van der Waals surface area contributed by atoms with Gasteiger partial charge in [0.1, 0.15) is 0 Å². The maximum Gasteiger partial charge on any atom is 0.293 e. The van der Waals surface area contributed by atoms with Crippen molar-refractivity contribution in [2.75, 3.05) is 18.5 Å². The largest absolute Gasteiger partial charge is 0.490 e. The molecule has 1 saturated heterocycles. The normalized spacial score (nSPS) is 14.2. The predicted octanol–water partition coefficient (Wildman–Crippen LogP) is 6.30. The third-order valence-corrected chi connectivity index (χ3v) is 6.75. The van der Waals surface area contributed by atoms with Crippen LogP contribution < -0.4 is 14.8 Å². The predicted molar refractivity (Wildman–Crippen MR) is 146 cm³/mol. The summed E-state index contributed by atoms with van der Waals surface area (Å²) in [6.45, 7) is 4.08. The summed E-state index contributed by atoms with van der Waals surface area (Å²) in [5.41, 5.74) is 3.03. The van der Waals surface area contributed by atoms with Crippen molar-refractivity contribution >= 4 is 52.2 Å². The average molecular weight is 537 g/mol. The third kappa shape index (κ3) is 6.72. The first kappa shape index (κ1) is 26.3. The highest BCUT2D eigenvalue weighted by atomic mass is 35.5. The van der Waals surface area contributed by atoms with Gasteiger partial charge in [-0.1, -0.05) is 54.1 Å². The lowest BCUT2D eigenvalue weighted by Crippen LogP contribution is -2.27. The zero-order valence-electron chi connectivity index (χ0n) is 20.3. The highest BCUT2D eigenvalue weighted by molar-refractivity contribution is 8.18. The Morgan fingerprint density at radius 3 is 2.54 bits per heavy atom. The Hall–Kier alpha value is -3.75. The van der Waals surface area contributed by atoms with Crippen LogP contribution in [0, 0.1) is 6.92 Å². The summed E-state index contributed by atoms with van der Waals surface area (Å²) >= 11 is 7.02. The van der Waals surface area contributed by atoms with Crippen molar-refractivity contribution in [1.29, 1.82) is 0 Å². The molecule has 1 fully saturated rings. The van der Waals surface area contributed by atoms with Gasteiger partial charge in [0.15, 0.2) is 18.1 Å². The minimum absolute atomic E-state index is 0.219. The molecule has 37 heavy (non-hydrogen) atoms. The number of hydrogen-bond acceptors (Lipinski definition) is 6. The van der Waals surface area contributed by atoms with E-state index in [9.17, 15) is 14.4 Å². The summed E-state index contributed by atoms with van der Waals surface area (Å²) in [6, 6.07) is 19.7. The van der Waals surface area contributed by atoms with Crippen molar-refractivity contribution < 1.29 is 23.9 Å². The zero-order valence-corrected chi connectivity index (χ0v) is 21.9. The molecule has 3 aromatic rings. The summed E-state index contributed by atoms with van der Waals surface area (Å²) in [5, 5.41) is 2.99. The third-order valence-electron chi connectivity index (χ3n) is 5.44. The highest BCUT2D eigenvalue weighted by Gasteiger charge is 2.35. The van der Waals surface area contributed by atoms with Crippen molar-refractivity contribution in [2.24, 2.45) is 0 Å². The first-order valence-electron chi connectivity index (χ1n) is 11.6.